The number of phenolic OH excluding ortho intramolecular Hbond substituents is 1. The van der Waals surface area contributed by atoms with Crippen LogP contribution in [0.2, 0.25) is 0 Å². The summed E-state index contributed by atoms with van der Waals surface area (Å²) in [5.74, 6) is -0.865. The lowest BCUT2D eigenvalue weighted by Crippen LogP contribution is -2.23. The van der Waals surface area contributed by atoms with Gasteiger partial charge in [0.05, 0.1) is 12.1 Å². The van der Waals surface area contributed by atoms with Crippen LogP contribution in [0.5, 0.6) is 5.75 Å². The van der Waals surface area contributed by atoms with E-state index in [9.17, 15) is 14.3 Å². The van der Waals surface area contributed by atoms with Gasteiger partial charge in [-0.3, -0.25) is 4.79 Å². The summed E-state index contributed by atoms with van der Waals surface area (Å²) in [5, 5.41) is 15.5. The Labute approximate surface area is 101 Å². The van der Waals surface area contributed by atoms with Gasteiger partial charge < -0.3 is 14.9 Å². The highest BCUT2D eigenvalue weighted by molar-refractivity contribution is 5.96. The van der Waals surface area contributed by atoms with Gasteiger partial charge in [-0.1, -0.05) is 5.16 Å². The lowest BCUT2D eigenvalue weighted by molar-refractivity contribution is 0.0947. The van der Waals surface area contributed by atoms with Gasteiger partial charge in [-0.2, -0.15) is 4.98 Å². The highest BCUT2D eigenvalue weighted by Crippen LogP contribution is 2.17. The van der Waals surface area contributed by atoms with Gasteiger partial charge in [0, 0.05) is 13.0 Å². The van der Waals surface area contributed by atoms with E-state index in [0.29, 0.717) is 11.7 Å². The number of aromatic nitrogens is 2. The third kappa shape index (κ3) is 2.62. The number of carbonyl (C=O) groups excluding carboxylic acids is 1. The number of benzene rings is 1. The Bertz CT molecular complexity index is 583. The number of hydrogen-bond donors (Lipinski definition) is 2. The third-order valence-electron chi connectivity index (χ3n) is 2.18. The highest BCUT2D eigenvalue weighted by Gasteiger charge is 2.12. The van der Waals surface area contributed by atoms with Gasteiger partial charge in [0.1, 0.15) is 11.6 Å². The molecule has 6 nitrogen and oxygen atoms in total. The first-order chi connectivity index (χ1) is 8.56. The fourth-order valence-electron chi connectivity index (χ4n) is 1.36. The molecule has 1 amide bonds. The Morgan fingerprint density at radius 2 is 2.33 bits per heavy atom. The summed E-state index contributed by atoms with van der Waals surface area (Å²) in [5.41, 5.74) is -0.0170. The predicted octanol–water partition coefficient (Wildman–Crippen LogP) is 1.15. The van der Waals surface area contributed by atoms with Crippen LogP contribution in [0.15, 0.2) is 22.7 Å². The molecule has 0 aliphatic carbocycles. The first kappa shape index (κ1) is 12.0. The second-order valence-corrected chi connectivity index (χ2v) is 3.57. The Kier molecular flexibility index (Phi) is 3.22. The van der Waals surface area contributed by atoms with Crippen LogP contribution in [-0.4, -0.2) is 21.2 Å². The molecule has 0 spiro atoms. The maximum atomic E-state index is 12.7. The SMILES string of the molecule is Cc1nc(CNC(=O)c2ccc(F)cc2O)no1. The van der Waals surface area contributed by atoms with E-state index >= 15 is 0 Å². The van der Waals surface area contributed by atoms with Crippen LogP contribution in [0.4, 0.5) is 4.39 Å². The molecule has 0 unspecified atom stereocenters. The van der Waals surface area contributed by atoms with E-state index in [1.807, 2.05) is 0 Å². The highest BCUT2D eigenvalue weighted by atomic mass is 19.1. The van der Waals surface area contributed by atoms with Gasteiger partial charge in [0.2, 0.25) is 5.89 Å². The van der Waals surface area contributed by atoms with Gasteiger partial charge in [-0.15, -0.1) is 0 Å². The van der Waals surface area contributed by atoms with E-state index in [4.69, 9.17) is 4.52 Å². The molecule has 2 N–H and O–H groups in total. The summed E-state index contributed by atoms with van der Waals surface area (Å²) in [7, 11) is 0. The van der Waals surface area contributed by atoms with Crippen LogP contribution in [0.3, 0.4) is 0 Å². The molecule has 0 bridgehead atoms. The fourth-order valence-corrected chi connectivity index (χ4v) is 1.36. The first-order valence-electron chi connectivity index (χ1n) is 5.12. The lowest BCUT2D eigenvalue weighted by Gasteiger charge is -2.04. The van der Waals surface area contributed by atoms with E-state index in [0.717, 1.165) is 12.1 Å². The Balaban J connectivity index is 2.03. The largest absolute Gasteiger partial charge is 0.507 e. The van der Waals surface area contributed by atoms with Gasteiger partial charge in [-0.25, -0.2) is 4.39 Å². The third-order valence-corrected chi connectivity index (χ3v) is 2.18. The van der Waals surface area contributed by atoms with E-state index in [1.54, 1.807) is 6.92 Å². The second kappa shape index (κ2) is 4.82. The molecule has 0 radical (unpaired) electrons. The van der Waals surface area contributed by atoms with Gasteiger partial charge >= 0.3 is 0 Å². The molecule has 0 fully saturated rings. The molecule has 7 heteroatoms. The van der Waals surface area contributed by atoms with Crippen molar-refractivity contribution in [3.63, 3.8) is 0 Å². The quantitative estimate of drug-likeness (QED) is 0.854. The summed E-state index contributed by atoms with van der Waals surface area (Å²) >= 11 is 0. The van der Waals surface area contributed by atoms with Crippen LogP contribution in [0.25, 0.3) is 0 Å². The van der Waals surface area contributed by atoms with Gasteiger partial charge in [0.25, 0.3) is 5.91 Å². The summed E-state index contributed by atoms with van der Waals surface area (Å²) in [4.78, 5) is 15.6. The summed E-state index contributed by atoms with van der Waals surface area (Å²) in [6, 6.07) is 3.15. The van der Waals surface area contributed by atoms with Crippen molar-refractivity contribution in [3.05, 3.63) is 41.3 Å². The molecule has 2 aromatic rings. The molecular weight excluding hydrogens is 241 g/mol. The van der Waals surface area contributed by atoms with Crippen molar-refractivity contribution >= 4 is 5.91 Å². The summed E-state index contributed by atoms with van der Waals surface area (Å²) in [6.07, 6.45) is 0. The standard InChI is InChI=1S/C11H10FN3O3/c1-6-14-10(15-18-6)5-13-11(17)8-3-2-7(12)4-9(8)16/h2-4,16H,5H2,1H3,(H,13,17). The average Bonchev–Trinajstić information content (AvgIpc) is 2.72. The monoisotopic (exact) mass is 251 g/mol. The predicted molar refractivity (Wildman–Crippen MR) is 58.3 cm³/mol. The average molecular weight is 251 g/mol. The number of aryl methyl sites for hydroxylation is 1. The minimum absolute atomic E-state index is 0.0170. The zero-order chi connectivity index (χ0) is 13.1. The molecule has 0 saturated heterocycles. The van der Waals surface area contributed by atoms with Crippen LogP contribution < -0.4 is 5.32 Å². The zero-order valence-corrected chi connectivity index (χ0v) is 9.48. The number of nitrogens with zero attached hydrogens (tertiary/aromatic N) is 2. The molecule has 18 heavy (non-hydrogen) atoms. The summed E-state index contributed by atoms with van der Waals surface area (Å²) in [6.45, 7) is 1.69. The van der Waals surface area contributed by atoms with Gasteiger partial charge in [0.15, 0.2) is 5.82 Å². The molecule has 0 aliphatic rings. The smallest absolute Gasteiger partial charge is 0.255 e. The molecule has 0 saturated carbocycles. The lowest BCUT2D eigenvalue weighted by atomic mass is 10.2. The van der Waals surface area contributed by atoms with Crippen molar-refractivity contribution in [3.8, 4) is 5.75 Å². The van der Waals surface area contributed by atoms with E-state index in [-0.39, 0.29) is 12.1 Å². The molecule has 1 aromatic carbocycles. The molecule has 94 valence electrons. The minimum atomic E-state index is -0.613. The molecule has 0 atom stereocenters. The van der Waals surface area contributed by atoms with Crippen LogP contribution in [-0.2, 0) is 6.54 Å². The summed E-state index contributed by atoms with van der Waals surface area (Å²) < 4.78 is 17.5. The number of hydrogen-bond acceptors (Lipinski definition) is 5. The minimum Gasteiger partial charge on any atom is -0.507 e. The fraction of sp³-hybridized carbons (Fsp3) is 0.182. The molecular formula is C11H10FN3O3. The van der Waals surface area contributed by atoms with Crippen molar-refractivity contribution in [2.45, 2.75) is 13.5 Å². The number of phenols is 1. The first-order valence-corrected chi connectivity index (χ1v) is 5.12. The number of halogens is 1. The van der Waals surface area contributed by atoms with Crippen molar-refractivity contribution in [1.29, 1.82) is 0 Å². The zero-order valence-electron chi connectivity index (χ0n) is 9.48. The number of aromatic hydroxyl groups is 1. The van der Waals surface area contributed by atoms with Crippen molar-refractivity contribution in [2.75, 3.05) is 0 Å². The molecule has 0 aliphatic heterocycles. The van der Waals surface area contributed by atoms with Crippen molar-refractivity contribution in [1.82, 2.24) is 15.5 Å². The topological polar surface area (TPSA) is 88.2 Å². The van der Waals surface area contributed by atoms with E-state index in [2.05, 4.69) is 15.5 Å². The molecule has 2 rings (SSSR count). The van der Waals surface area contributed by atoms with Gasteiger partial charge in [-0.05, 0) is 12.1 Å². The molecule has 1 heterocycles. The van der Waals surface area contributed by atoms with Crippen molar-refractivity contribution < 1.29 is 18.8 Å². The Morgan fingerprint density at radius 3 is 2.94 bits per heavy atom. The maximum Gasteiger partial charge on any atom is 0.255 e. The maximum absolute atomic E-state index is 12.7. The van der Waals surface area contributed by atoms with E-state index in [1.165, 1.54) is 6.07 Å². The van der Waals surface area contributed by atoms with E-state index < -0.39 is 17.5 Å². The second-order valence-electron chi connectivity index (χ2n) is 3.57. The van der Waals surface area contributed by atoms with Crippen LogP contribution >= 0.6 is 0 Å². The van der Waals surface area contributed by atoms with Crippen LogP contribution in [0.1, 0.15) is 22.1 Å². The van der Waals surface area contributed by atoms with Crippen molar-refractivity contribution in [2.24, 2.45) is 0 Å². The van der Waals surface area contributed by atoms with Crippen LogP contribution in [0, 0.1) is 12.7 Å². The Morgan fingerprint density at radius 1 is 1.56 bits per heavy atom. The number of rotatable bonds is 3. The molecule has 1 aromatic heterocycles. The number of carbonyl (C=O) groups is 1. The number of nitrogens with one attached hydrogen (secondary N) is 1. The number of amides is 1. The Hall–Kier alpha value is -2.44. The normalized spacial score (nSPS) is 10.3.